The Balaban J connectivity index is 2.94. The molecule has 0 aliphatic carbocycles. The van der Waals surface area contributed by atoms with E-state index in [0.29, 0.717) is 5.02 Å². The van der Waals surface area contributed by atoms with Crippen LogP contribution in [-0.4, -0.2) is 16.9 Å². The van der Waals surface area contributed by atoms with Gasteiger partial charge < -0.3 is 11.1 Å². The van der Waals surface area contributed by atoms with Crippen LogP contribution in [0.4, 0.5) is 5.82 Å². The van der Waals surface area contributed by atoms with E-state index >= 15 is 0 Å². The lowest BCUT2D eigenvalue weighted by molar-refractivity contribution is 0.0938. The SMILES string of the molecule is CC(C)NC(=O)c1nc(N)ccc1Cl. The van der Waals surface area contributed by atoms with E-state index in [2.05, 4.69) is 10.3 Å². The number of amides is 1. The first-order valence-electron chi connectivity index (χ1n) is 4.23. The molecule has 76 valence electrons. The van der Waals surface area contributed by atoms with Crippen molar-refractivity contribution in [1.82, 2.24) is 10.3 Å². The molecule has 0 saturated heterocycles. The second-order valence-electron chi connectivity index (χ2n) is 3.19. The molecule has 0 spiro atoms. The van der Waals surface area contributed by atoms with Gasteiger partial charge in [0, 0.05) is 6.04 Å². The molecule has 1 aromatic rings. The molecular weight excluding hydrogens is 202 g/mol. The Labute approximate surface area is 87.5 Å². The molecule has 14 heavy (non-hydrogen) atoms. The molecule has 0 aromatic carbocycles. The van der Waals surface area contributed by atoms with Crippen molar-refractivity contribution in [1.29, 1.82) is 0 Å². The van der Waals surface area contributed by atoms with Crippen LogP contribution in [0.2, 0.25) is 5.02 Å². The lowest BCUT2D eigenvalue weighted by Gasteiger charge is -2.08. The van der Waals surface area contributed by atoms with E-state index in [4.69, 9.17) is 17.3 Å². The average molecular weight is 214 g/mol. The number of anilines is 1. The summed E-state index contributed by atoms with van der Waals surface area (Å²) in [5.41, 5.74) is 5.61. The van der Waals surface area contributed by atoms with Gasteiger partial charge >= 0.3 is 0 Å². The minimum absolute atomic E-state index is 0.0433. The zero-order valence-electron chi connectivity index (χ0n) is 8.04. The Morgan fingerprint density at radius 2 is 2.21 bits per heavy atom. The van der Waals surface area contributed by atoms with Gasteiger partial charge in [0.25, 0.3) is 5.91 Å². The highest BCUT2D eigenvalue weighted by Crippen LogP contribution is 2.14. The summed E-state index contributed by atoms with van der Waals surface area (Å²) in [6, 6.07) is 3.15. The standard InChI is InChI=1S/C9H12ClN3O/c1-5(2)12-9(14)8-6(10)3-4-7(11)13-8/h3-5H,1-2H3,(H2,11,13)(H,12,14). The maximum absolute atomic E-state index is 11.5. The second-order valence-corrected chi connectivity index (χ2v) is 3.60. The summed E-state index contributed by atoms with van der Waals surface area (Å²) < 4.78 is 0. The van der Waals surface area contributed by atoms with Crippen LogP contribution in [-0.2, 0) is 0 Å². The van der Waals surface area contributed by atoms with Gasteiger partial charge in [-0.05, 0) is 26.0 Å². The Bertz CT molecular complexity index is 352. The van der Waals surface area contributed by atoms with E-state index in [-0.39, 0.29) is 23.5 Å². The summed E-state index contributed by atoms with van der Waals surface area (Å²) in [6.45, 7) is 3.72. The number of carbonyl (C=O) groups is 1. The number of pyridine rings is 1. The number of halogens is 1. The molecule has 1 rings (SSSR count). The number of hydrogen-bond donors (Lipinski definition) is 2. The van der Waals surface area contributed by atoms with E-state index in [9.17, 15) is 4.79 Å². The van der Waals surface area contributed by atoms with E-state index in [1.54, 1.807) is 12.1 Å². The molecule has 0 unspecified atom stereocenters. The molecule has 0 fully saturated rings. The minimum atomic E-state index is -0.308. The van der Waals surface area contributed by atoms with Crippen LogP contribution in [0.3, 0.4) is 0 Å². The van der Waals surface area contributed by atoms with Crippen molar-refractivity contribution in [3.8, 4) is 0 Å². The van der Waals surface area contributed by atoms with Crippen molar-refractivity contribution in [2.75, 3.05) is 5.73 Å². The molecule has 1 amide bonds. The largest absolute Gasteiger partial charge is 0.384 e. The van der Waals surface area contributed by atoms with Crippen molar-refractivity contribution in [2.45, 2.75) is 19.9 Å². The predicted octanol–water partition coefficient (Wildman–Crippen LogP) is 1.46. The summed E-state index contributed by atoms with van der Waals surface area (Å²) in [6.07, 6.45) is 0. The molecule has 0 atom stereocenters. The van der Waals surface area contributed by atoms with Gasteiger partial charge in [-0.15, -0.1) is 0 Å². The van der Waals surface area contributed by atoms with Gasteiger partial charge in [0.15, 0.2) is 0 Å². The zero-order chi connectivity index (χ0) is 10.7. The number of hydrogen-bond acceptors (Lipinski definition) is 3. The van der Waals surface area contributed by atoms with Crippen LogP contribution in [0.1, 0.15) is 24.3 Å². The van der Waals surface area contributed by atoms with Crippen molar-refractivity contribution < 1.29 is 4.79 Å². The first-order valence-corrected chi connectivity index (χ1v) is 4.61. The molecule has 0 aliphatic heterocycles. The molecule has 0 bridgehead atoms. The van der Waals surface area contributed by atoms with Gasteiger partial charge in [0.1, 0.15) is 11.5 Å². The summed E-state index contributed by atoms with van der Waals surface area (Å²) in [4.78, 5) is 15.4. The number of aromatic nitrogens is 1. The van der Waals surface area contributed by atoms with Crippen molar-refractivity contribution in [3.05, 3.63) is 22.8 Å². The maximum atomic E-state index is 11.5. The highest BCUT2D eigenvalue weighted by Gasteiger charge is 2.12. The predicted molar refractivity (Wildman–Crippen MR) is 56.3 cm³/mol. The minimum Gasteiger partial charge on any atom is -0.384 e. The number of nitrogens with zero attached hydrogens (tertiary/aromatic N) is 1. The van der Waals surface area contributed by atoms with Crippen LogP contribution < -0.4 is 11.1 Å². The van der Waals surface area contributed by atoms with E-state index < -0.39 is 0 Å². The molecule has 3 N–H and O–H groups in total. The Kier molecular flexibility index (Phi) is 3.30. The monoisotopic (exact) mass is 213 g/mol. The van der Waals surface area contributed by atoms with Gasteiger partial charge in [-0.2, -0.15) is 0 Å². The molecular formula is C9H12ClN3O. The van der Waals surface area contributed by atoms with Gasteiger partial charge in [0.2, 0.25) is 0 Å². The molecule has 1 aromatic heterocycles. The normalized spacial score (nSPS) is 10.3. The second kappa shape index (κ2) is 4.28. The fraction of sp³-hybridized carbons (Fsp3) is 0.333. The van der Waals surface area contributed by atoms with Crippen LogP contribution >= 0.6 is 11.6 Å². The van der Waals surface area contributed by atoms with Gasteiger partial charge in [-0.1, -0.05) is 11.6 Å². The topological polar surface area (TPSA) is 68.0 Å². The van der Waals surface area contributed by atoms with Crippen molar-refractivity contribution in [3.63, 3.8) is 0 Å². The van der Waals surface area contributed by atoms with Crippen LogP contribution in [0.15, 0.2) is 12.1 Å². The molecule has 0 aliphatic rings. The quantitative estimate of drug-likeness (QED) is 0.782. The van der Waals surface area contributed by atoms with Crippen LogP contribution in [0.25, 0.3) is 0 Å². The number of nitrogens with one attached hydrogen (secondary N) is 1. The molecule has 1 heterocycles. The third-order valence-electron chi connectivity index (χ3n) is 1.50. The number of nitrogens with two attached hydrogens (primary N) is 1. The number of nitrogen functional groups attached to an aromatic ring is 1. The Morgan fingerprint density at radius 3 is 2.79 bits per heavy atom. The average Bonchev–Trinajstić information content (AvgIpc) is 2.08. The Morgan fingerprint density at radius 1 is 1.57 bits per heavy atom. The number of carbonyl (C=O) groups excluding carboxylic acids is 1. The summed E-state index contributed by atoms with van der Waals surface area (Å²) in [7, 11) is 0. The van der Waals surface area contributed by atoms with Crippen LogP contribution in [0, 0.1) is 0 Å². The Hall–Kier alpha value is -1.29. The fourth-order valence-corrected chi connectivity index (χ4v) is 1.14. The first-order chi connectivity index (χ1) is 6.50. The molecule has 4 nitrogen and oxygen atoms in total. The van der Waals surface area contributed by atoms with Gasteiger partial charge in [0.05, 0.1) is 5.02 Å². The lowest BCUT2D eigenvalue weighted by Crippen LogP contribution is -2.31. The molecule has 0 saturated carbocycles. The maximum Gasteiger partial charge on any atom is 0.271 e. The van der Waals surface area contributed by atoms with Gasteiger partial charge in [-0.3, -0.25) is 4.79 Å². The van der Waals surface area contributed by atoms with Crippen LogP contribution in [0.5, 0.6) is 0 Å². The first kappa shape index (κ1) is 10.8. The summed E-state index contributed by atoms with van der Waals surface area (Å²) >= 11 is 5.80. The van der Waals surface area contributed by atoms with Crippen molar-refractivity contribution in [2.24, 2.45) is 0 Å². The highest BCUT2D eigenvalue weighted by molar-refractivity contribution is 6.33. The van der Waals surface area contributed by atoms with E-state index in [0.717, 1.165) is 0 Å². The summed E-state index contributed by atoms with van der Waals surface area (Å²) in [5.74, 6) is -0.0272. The molecule has 5 heteroatoms. The van der Waals surface area contributed by atoms with E-state index in [1.165, 1.54) is 0 Å². The van der Waals surface area contributed by atoms with E-state index in [1.807, 2.05) is 13.8 Å². The third-order valence-corrected chi connectivity index (χ3v) is 1.81. The third kappa shape index (κ3) is 2.60. The summed E-state index contributed by atoms with van der Waals surface area (Å²) in [5, 5.41) is 2.99. The smallest absolute Gasteiger partial charge is 0.271 e. The lowest BCUT2D eigenvalue weighted by atomic mass is 10.3. The highest BCUT2D eigenvalue weighted by atomic mass is 35.5. The zero-order valence-corrected chi connectivity index (χ0v) is 8.80. The molecule has 0 radical (unpaired) electrons. The number of rotatable bonds is 2. The fourth-order valence-electron chi connectivity index (χ4n) is 0.947. The van der Waals surface area contributed by atoms with Gasteiger partial charge in [-0.25, -0.2) is 4.98 Å². The van der Waals surface area contributed by atoms with Crippen molar-refractivity contribution >= 4 is 23.3 Å².